The zero-order valence-electron chi connectivity index (χ0n) is 13.6. The summed E-state index contributed by atoms with van der Waals surface area (Å²) in [7, 11) is 0. The Morgan fingerprint density at radius 3 is 2.48 bits per heavy atom. The van der Waals surface area contributed by atoms with Crippen LogP contribution in [0.2, 0.25) is 5.02 Å². The third-order valence-corrected chi connectivity index (χ3v) is 4.19. The van der Waals surface area contributed by atoms with E-state index >= 15 is 0 Å². The molecule has 1 heterocycles. The first-order chi connectivity index (χ1) is 12.0. The van der Waals surface area contributed by atoms with Crippen molar-refractivity contribution in [1.82, 2.24) is 9.13 Å². The highest BCUT2D eigenvalue weighted by Gasteiger charge is 2.15. The highest BCUT2D eigenvalue weighted by Crippen LogP contribution is 2.22. The summed E-state index contributed by atoms with van der Waals surface area (Å²) in [6.07, 6.45) is 0.811. The third kappa shape index (κ3) is 3.44. The van der Waals surface area contributed by atoms with Gasteiger partial charge in [0.25, 0.3) is 0 Å². The van der Waals surface area contributed by atoms with E-state index in [1.54, 1.807) is 10.6 Å². The molecule has 0 aliphatic rings. The van der Waals surface area contributed by atoms with E-state index in [4.69, 9.17) is 11.6 Å². The highest BCUT2D eigenvalue weighted by molar-refractivity contribution is 6.33. The van der Waals surface area contributed by atoms with E-state index in [9.17, 15) is 14.0 Å². The van der Waals surface area contributed by atoms with Gasteiger partial charge in [-0.15, -0.1) is 0 Å². The molecule has 7 heteroatoms. The number of aryl methyl sites for hydroxylation is 1. The summed E-state index contributed by atoms with van der Waals surface area (Å²) in [5.74, 6) is -0.892. The summed E-state index contributed by atoms with van der Waals surface area (Å²) in [6, 6.07) is 11.1. The van der Waals surface area contributed by atoms with Crippen molar-refractivity contribution >= 4 is 34.2 Å². The van der Waals surface area contributed by atoms with Crippen LogP contribution in [0.5, 0.6) is 0 Å². The van der Waals surface area contributed by atoms with Crippen LogP contribution in [0.15, 0.2) is 47.3 Å². The molecule has 0 bridgehead atoms. The van der Waals surface area contributed by atoms with Crippen LogP contribution >= 0.6 is 11.6 Å². The van der Waals surface area contributed by atoms with Crippen LogP contribution in [-0.4, -0.2) is 15.0 Å². The molecule has 1 N–H and O–H groups in total. The van der Waals surface area contributed by atoms with Crippen molar-refractivity contribution in [3.05, 3.63) is 63.8 Å². The van der Waals surface area contributed by atoms with Gasteiger partial charge in [-0.1, -0.05) is 30.7 Å². The van der Waals surface area contributed by atoms with E-state index in [1.807, 2.05) is 25.1 Å². The van der Waals surface area contributed by atoms with E-state index in [0.29, 0.717) is 17.7 Å². The summed E-state index contributed by atoms with van der Waals surface area (Å²) in [5, 5.41) is 2.72. The monoisotopic (exact) mass is 361 g/mol. The highest BCUT2D eigenvalue weighted by atomic mass is 35.5. The number of carbonyl (C=O) groups is 1. The molecule has 0 aliphatic carbocycles. The van der Waals surface area contributed by atoms with Crippen LogP contribution in [-0.2, 0) is 17.9 Å². The summed E-state index contributed by atoms with van der Waals surface area (Å²) >= 11 is 5.92. The average Bonchev–Trinajstić information content (AvgIpc) is 2.84. The zero-order valence-corrected chi connectivity index (χ0v) is 14.4. The maximum absolute atomic E-state index is 13.1. The van der Waals surface area contributed by atoms with Gasteiger partial charge in [-0.05, 0) is 36.8 Å². The first-order valence-electron chi connectivity index (χ1n) is 7.94. The number of nitrogens with one attached hydrogen (secondary N) is 1. The smallest absolute Gasteiger partial charge is 0.323 e. The second-order valence-corrected chi connectivity index (χ2v) is 6.09. The quantitative estimate of drug-likeness (QED) is 0.754. The number of aromatic nitrogens is 2. The molecule has 3 rings (SSSR count). The van der Waals surface area contributed by atoms with Crippen LogP contribution < -0.4 is 11.0 Å². The number of rotatable bonds is 5. The number of anilines is 1. The second-order valence-electron chi connectivity index (χ2n) is 5.68. The molecule has 0 aliphatic heterocycles. The van der Waals surface area contributed by atoms with Crippen molar-refractivity contribution in [3.8, 4) is 0 Å². The number of hydrogen-bond donors (Lipinski definition) is 1. The van der Waals surface area contributed by atoms with Crippen LogP contribution in [0.4, 0.5) is 10.1 Å². The van der Waals surface area contributed by atoms with Gasteiger partial charge >= 0.3 is 5.69 Å². The predicted molar refractivity (Wildman–Crippen MR) is 96.5 cm³/mol. The zero-order chi connectivity index (χ0) is 18.0. The minimum atomic E-state index is -0.484. The number of amides is 1. The molecule has 0 atom stereocenters. The van der Waals surface area contributed by atoms with Gasteiger partial charge < -0.3 is 5.32 Å². The molecule has 0 fully saturated rings. The van der Waals surface area contributed by atoms with Gasteiger partial charge in [-0.2, -0.15) is 0 Å². The molecule has 0 saturated carbocycles. The maximum atomic E-state index is 13.1. The molecule has 0 radical (unpaired) electrons. The number of nitrogens with zero attached hydrogens (tertiary/aromatic N) is 2. The normalized spacial score (nSPS) is 11.0. The number of fused-ring (bicyclic) bond motifs is 1. The number of carbonyl (C=O) groups excluding carboxylic acids is 1. The molecular formula is C18H17ClFN3O2. The molecule has 0 spiro atoms. The van der Waals surface area contributed by atoms with Gasteiger partial charge in [0.2, 0.25) is 5.91 Å². The molecule has 0 unspecified atom stereocenters. The van der Waals surface area contributed by atoms with Crippen molar-refractivity contribution < 1.29 is 9.18 Å². The lowest BCUT2D eigenvalue weighted by molar-refractivity contribution is -0.116. The number of hydrogen-bond acceptors (Lipinski definition) is 2. The van der Waals surface area contributed by atoms with Gasteiger partial charge in [0.1, 0.15) is 12.4 Å². The Morgan fingerprint density at radius 2 is 1.84 bits per heavy atom. The lowest BCUT2D eigenvalue weighted by atomic mass is 10.3. The van der Waals surface area contributed by atoms with Crippen molar-refractivity contribution in [3.63, 3.8) is 0 Å². The predicted octanol–water partition coefficient (Wildman–Crippen LogP) is 3.64. The Morgan fingerprint density at radius 1 is 1.16 bits per heavy atom. The summed E-state index contributed by atoms with van der Waals surface area (Å²) in [5.41, 5.74) is 1.56. The fraction of sp³-hybridized carbons (Fsp3) is 0.222. The van der Waals surface area contributed by atoms with Gasteiger partial charge in [0.05, 0.1) is 21.7 Å². The number of halogens is 2. The van der Waals surface area contributed by atoms with Crippen LogP contribution in [0, 0.1) is 5.82 Å². The van der Waals surface area contributed by atoms with Gasteiger partial charge in [-0.25, -0.2) is 9.18 Å². The fourth-order valence-corrected chi connectivity index (χ4v) is 3.00. The minimum absolute atomic E-state index is 0.106. The average molecular weight is 362 g/mol. The van der Waals surface area contributed by atoms with Gasteiger partial charge in [0, 0.05) is 6.54 Å². The Kier molecular flexibility index (Phi) is 4.90. The van der Waals surface area contributed by atoms with Crippen molar-refractivity contribution in [2.75, 3.05) is 5.32 Å². The third-order valence-electron chi connectivity index (χ3n) is 3.88. The number of benzene rings is 2. The Bertz CT molecular complexity index is 994. The standard InChI is InChI=1S/C18H17ClFN3O2/c1-2-9-22-15-5-3-4-6-16(15)23(18(22)25)11-17(24)21-14-8-7-12(20)10-13(14)19/h3-8,10H,2,9,11H2,1H3,(H,21,24). The van der Waals surface area contributed by atoms with Crippen molar-refractivity contribution in [2.45, 2.75) is 26.4 Å². The summed E-state index contributed by atoms with van der Waals surface area (Å²) < 4.78 is 16.2. The first kappa shape index (κ1) is 17.2. The van der Waals surface area contributed by atoms with E-state index < -0.39 is 11.7 Å². The molecule has 1 amide bonds. The topological polar surface area (TPSA) is 56.0 Å². The van der Waals surface area contributed by atoms with Crippen LogP contribution in [0.1, 0.15) is 13.3 Å². The van der Waals surface area contributed by atoms with Crippen LogP contribution in [0.3, 0.4) is 0 Å². The molecule has 3 aromatic rings. The molecule has 2 aromatic carbocycles. The molecule has 5 nitrogen and oxygen atoms in total. The first-order valence-corrected chi connectivity index (χ1v) is 8.32. The van der Waals surface area contributed by atoms with Crippen molar-refractivity contribution in [1.29, 1.82) is 0 Å². The lowest BCUT2D eigenvalue weighted by Crippen LogP contribution is -2.29. The number of imidazole rings is 1. The minimum Gasteiger partial charge on any atom is -0.323 e. The van der Waals surface area contributed by atoms with Gasteiger partial charge in [-0.3, -0.25) is 13.9 Å². The molecule has 130 valence electrons. The largest absolute Gasteiger partial charge is 0.329 e. The molecular weight excluding hydrogens is 345 g/mol. The molecule has 1 aromatic heterocycles. The Hall–Kier alpha value is -2.60. The second kappa shape index (κ2) is 7.11. The van der Waals surface area contributed by atoms with E-state index in [-0.39, 0.29) is 17.3 Å². The Labute approximate surface area is 148 Å². The number of para-hydroxylation sites is 2. The van der Waals surface area contributed by atoms with Crippen LogP contribution in [0.25, 0.3) is 11.0 Å². The molecule has 0 saturated heterocycles. The fourth-order valence-electron chi connectivity index (χ4n) is 2.79. The lowest BCUT2D eigenvalue weighted by Gasteiger charge is -2.08. The summed E-state index contributed by atoms with van der Waals surface area (Å²) in [6.45, 7) is 2.42. The van der Waals surface area contributed by atoms with E-state index in [2.05, 4.69) is 5.32 Å². The van der Waals surface area contributed by atoms with Gasteiger partial charge in [0.15, 0.2) is 0 Å². The summed E-state index contributed by atoms with van der Waals surface area (Å²) in [4.78, 5) is 25.0. The van der Waals surface area contributed by atoms with E-state index in [1.165, 1.54) is 16.7 Å². The molecule has 25 heavy (non-hydrogen) atoms. The van der Waals surface area contributed by atoms with E-state index in [0.717, 1.165) is 18.0 Å². The SMILES string of the molecule is CCCn1c(=O)n(CC(=O)Nc2ccc(F)cc2Cl)c2ccccc21. The maximum Gasteiger partial charge on any atom is 0.329 e. The van der Waals surface area contributed by atoms with Crippen molar-refractivity contribution in [2.24, 2.45) is 0 Å². The Balaban J connectivity index is 1.91.